The number of hydrogen-bond donors (Lipinski definition) is 1. The summed E-state index contributed by atoms with van der Waals surface area (Å²) in [5.41, 5.74) is 5.40. The molecule has 1 amide bonds. The average Bonchev–Trinajstić information content (AvgIpc) is 2.72. The number of hydrogen-bond acceptors (Lipinski definition) is 7. The molecule has 0 atom stereocenters. The zero-order valence-corrected chi connectivity index (χ0v) is 16.0. The summed E-state index contributed by atoms with van der Waals surface area (Å²) in [5.74, 6) is 0.145. The van der Waals surface area contributed by atoms with E-state index in [0.717, 1.165) is 0 Å². The van der Waals surface area contributed by atoms with Crippen LogP contribution in [0.3, 0.4) is 0 Å². The minimum atomic E-state index is -0.839. The van der Waals surface area contributed by atoms with Gasteiger partial charge in [0.25, 0.3) is 5.91 Å². The minimum absolute atomic E-state index is 0.169. The van der Waals surface area contributed by atoms with Gasteiger partial charge in [0.05, 0.1) is 13.7 Å². The van der Waals surface area contributed by atoms with Crippen molar-refractivity contribution in [3.63, 3.8) is 0 Å². The number of nitrogens with two attached hydrogens (primary N) is 1. The number of primary amides is 1. The molecular weight excluding hydrogens is 376 g/mol. The van der Waals surface area contributed by atoms with E-state index in [9.17, 15) is 9.59 Å². The fraction of sp³-hybridized carbons (Fsp3) is 0.190. The molecule has 2 rings (SSSR count). The van der Waals surface area contributed by atoms with Crippen LogP contribution < -0.4 is 24.7 Å². The number of rotatable bonds is 9. The third-order valence-corrected chi connectivity index (χ3v) is 3.60. The van der Waals surface area contributed by atoms with Crippen molar-refractivity contribution in [2.24, 2.45) is 5.73 Å². The smallest absolute Gasteiger partial charge is 0.349 e. The number of carbonyl (C=O) groups is 2. The van der Waals surface area contributed by atoms with E-state index in [0.29, 0.717) is 23.7 Å². The molecule has 8 heteroatoms. The van der Waals surface area contributed by atoms with E-state index in [1.807, 2.05) is 6.92 Å². The van der Waals surface area contributed by atoms with Crippen molar-refractivity contribution < 1.29 is 28.5 Å². The highest BCUT2D eigenvalue weighted by molar-refractivity contribution is 6.00. The normalized spacial score (nSPS) is 10.6. The Morgan fingerprint density at radius 3 is 2.28 bits per heavy atom. The Kier molecular flexibility index (Phi) is 7.62. The number of ether oxygens (including phenoxy) is 4. The van der Waals surface area contributed by atoms with Crippen molar-refractivity contribution in [1.82, 2.24) is 0 Å². The molecular formula is C21H20N2O6. The molecule has 29 heavy (non-hydrogen) atoms. The molecule has 0 fully saturated rings. The van der Waals surface area contributed by atoms with Crippen LogP contribution in [0.5, 0.6) is 23.0 Å². The van der Waals surface area contributed by atoms with Gasteiger partial charge >= 0.3 is 5.97 Å². The van der Waals surface area contributed by atoms with Crippen LogP contribution in [0.1, 0.15) is 12.5 Å². The third-order valence-electron chi connectivity index (χ3n) is 3.60. The molecule has 0 unspecified atom stereocenters. The zero-order chi connectivity index (χ0) is 21.2. The Hall–Kier alpha value is -3.99. The van der Waals surface area contributed by atoms with E-state index in [1.54, 1.807) is 36.4 Å². The standard InChI is InChI=1S/C21H20N2O6/c1-3-27-16-5-7-17(8-6-16)28-13-20(24)29-18-9-4-14(11-19(18)26-2)10-15(12-22)21(23)25/h4-11H,3,13H2,1-2H3,(H2,23,25)/b15-10+. The number of benzene rings is 2. The first-order chi connectivity index (χ1) is 14.0. The van der Waals surface area contributed by atoms with Gasteiger partial charge in [-0.15, -0.1) is 0 Å². The van der Waals surface area contributed by atoms with Crippen LogP contribution in [0.15, 0.2) is 48.0 Å². The summed E-state index contributed by atoms with van der Waals surface area (Å²) in [7, 11) is 1.40. The summed E-state index contributed by atoms with van der Waals surface area (Å²) in [5, 5.41) is 8.91. The Morgan fingerprint density at radius 2 is 1.72 bits per heavy atom. The van der Waals surface area contributed by atoms with Crippen molar-refractivity contribution >= 4 is 18.0 Å². The highest BCUT2D eigenvalue weighted by atomic mass is 16.6. The van der Waals surface area contributed by atoms with Gasteiger partial charge in [-0.1, -0.05) is 6.07 Å². The summed E-state index contributed by atoms with van der Waals surface area (Å²) in [6.45, 7) is 2.14. The maximum atomic E-state index is 12.1. The maximum Gasteiger partial charge on any atom is 0.349 e. The lowest BCUT2D eigenvalue weighted by molar-refractivity contribution is -0.136. The molecule has 0 aliphatic rings. The Balaban J connectivity index is 2.02. The molecule has 2 aromatic carbocycles. The van der Waals surface area contributed by atoms with Gasteiger partial charge in [-0.05, 0) is 55.0 Å². The number of methoxy groups -OCH3 is 1. The Bertz CT molecular complexity index is 945. The summed E-state index contributed by atoms with van der Waals surface area (Å²) in [4.78, 5) is 23.2. The highest BCUT2D eigenvalue weighted by Gasteiger charge is 2.12. The van der Waals surface area contributed by atoms with Gasteiger partial charge in [-0.3, -0.25) is 4.79 Å². The van der Waals surface area contributed by atoms with Crippen LogP contribution in [0.4, 0.5) is 0 Å². The summed E-state index contributed by atoms with van der Waals surface area (Å²) < 4.78 is 21.2. The first-order valence-corrected chi connectivity index (χ1v) is 8.62. The van der Waals surface area contributed by atoms with E-state index in [4.69, 9.17) is 29.9 Å². The van der Waals surface area contributed by atoms with E-state index < -0.39 is 11.9 Å². The second kappa shape index (κ2) is 10.4. The van der Waals surface area contributed by atoms with Gasteiger partial charge in [0.15, 0.2) is 18.1 Å². The van der Waals surface area contributed by atoms with Crippen molar-refractivity contribution in [3.05, 3.63) is 53.6 Å². The summed E-state index contributed by atoms with van der Waals surface area (Å²) >= 11 is 0. The van der Waals surface area contributed by atoms with Crippen LogP contribution in [0, 0.1) is 11.3 Å². The molecule has 0 saturated heterocycles. The lowest BCUT2D eigenvalue weighted by Crippen LogP contribution is -2.18. The molecule has 0 aliphatic heterocycles. The van der Waals surface area contributed by atoms with Crippen molar-refractivity contribution in [1.29, 1.82) is 5.26 Å². The Morgan fingerprint density at radius 1 is 1.07 bits per heavy atom. The molecule has 0 heterocycles. The summed E-state index contributed by atoms with van der Waals surface area (Å²) in [6, 6.07) is 13.1. The second-order valence-electron chi connectivity index (χ2n) is 5.61. The van der Waals surface area contributed by atoms with Crippen LogP contribution >= 0.6 is 0 Å². The topological polar surface area (TPSA) is 121 Å². The van der Waals surface area contributed by atoms with E-state index in [1.165, 1.54) is 25.3 Å². The fourth-order valence-electron chi connectivity index (χ4n) is 2.28. The average molecular weight is 396 g/mol. The van der Waals surface area contributed by atoms with Crippen LogP contribution in [0.2, 0.25) is 0 Å². The lowest BCUT2D eigenvalue weighted by Gasteiger charge is -2.11. The van der Waals surface area contributed by atoms with Crippen LogP contribution in [-0.4, -0.2) is 32.2 Å². The quantitative estimate of drug-likeness (QED) is 0.299. The second-order valence-corrected chi connectivity index (χ2v) is 5.61. The van der Waals surface area contributed by atoms with Crippen molar-refractivity contribution in [3.8, 4) is 29.1 Å². The van der Waals surface area contributed by atoms with E-state index in [2.05, 4.69) is 0 Å². The molecule has 0 bridgehead atoms. The van der Waals surface area contributed by atoms with Crippen LogP contribution in [0.25, 0.3) is 6.08 Å². The number of esters is 1. The van der Waals surface area contributed by atoms with Gasteiger partial charge < -0.3 is 24.7 Å². The first kappa shape index (κ1) is 21.3. The minimum Gasteiger partial charge on any atom is -0.494 e. The monoisotopic (exact) mass is 396 g/mol. The first-order valence-electron chi connectivity index (χ1n) is 8.62. The predicted molar refractivity (Wildman–Crippen MR) is 105 cm³/mol. The van der Waals surface area contributed by atoms with Gasteiger partial charge in [0.2, 0.25) is 0 Å². The Labute approximate surface area is 168 Å². The SMILES string of the molecule is CCOc1ccc(OCC(=O)Oc2ccc(/C=C(\C#N)C(N)=O)cc2OC)cc1. The van der Waals surface area contributed by atoms with E-state index >= 15 is 0 Å². The molecule has 0 aromatic heterocycles. The fourth-order valence-corrected chi connectivity index (χ4v) is 2.28. The molecule has 2 N–H and O–H groups in total. The van der Waals surface area contributed by atoms with Crippen molar-refractivity contribution in [2.75, 3.05) is 20.3 Å². The predicted octanol–water partition coefficient (Wildman–Crippen LogP) is 2.47. The molecule has 150 valence electrons. The van der Waals surface area contributed by atoms with Crippen LogP contribution in [-0.2, 0) is 9.59 Å². The summed E-state index contributed by atoms with van der Waals surface area (Å²) in [6.07, 6.45) is 1.31. The van der Waals surface area contributed by atoms with Gasteiger partial charge in [-0.2, -0.15) is 5.26 Å². The molecule has 0 spiro atoms. The molecule has 0 saturated carbocycles. The molecule has 8 nitrogen and oxygen atoms in total. The third kappa shape index (κ3) is 6.29. The number of nitrogens with zero attached hydrogens (tertiary/aromatic N) is 1. The lowest BCUT2D eigenvalue weighted by atomic mass is 10.1. The number of amides is 1. The van der Waals surface area contributed by atoms with Gasteiger partial charge in [-0.25, -0.2) is 4.79 Å². The van der Waals surface area contributed by atoms with Gasteiger partial charge in [0.1, 0.15) is 23.1 Å². The maximum absolute atomic E-state index is 12.1. The zero-order valence-electron chi connectivity index (χ0n) is 16.0. The van der Waals surface area contributed by atoms with Crippen molar-refractivity contribution in [2.45, 2.75) is 6.92 Å². The number of nitriles is 1. The molecule has 0 radical (unpaired) electrons. The number of carbonyl (C=O) groups excluding carboxylic acids is 2. The van der Waals surface area contributed by atoms with Gasteiger partial charge in [0, 0.05) is 0 Å². The highest BCUT2D eigenvalue weighted by Crippen LogP contribution is 2.29. The molecule has 2 aromatic rings. The largest absolute Gasteiger partial charge is 0.494 e. The molecule has 0 aliphatic carbocycles. The van der Waals surface area contributed by atoms with E-state index in [-0.39, 0.29) is 23.7 Å².